The summed E-state index contributed by atoms with van der Waals surface area (Å²) in [5, 5.41) is 2.90. The number of carbonyl (C=O) groups excluding carboxylic acids is 2. The van der Waals surface area contributed by atoms with Crippen LogP contribution in [0.3, 0.4) is 0 Å². The number of sulfonamides is 1. The molecule has 228 valence electrons. The fraction of sp³-hybridized carbons (Fsp3) is 0.212. The number of para-hydroxylation sites is 2. The quantitative estimate of drug-likeness (QED) is 0.242. The smallest absolute Gasteiger partial charge is 0.265 e. The number of hydrogen-bond donors (Lipinski definition) is 2. The van der Waals surface area contributed by atoms with Crippen molar-refractivity contribution in [3.05, 3.63) is 109 Å². The number of amides is 2. The second-order valence-electron chi connectivity index (χ2n) is 9.93. The Morgan fingerprint density at radius 1 is 0.864 bits per heavy atom. The molecule has 0 spiro atoms. The zero-order valence-electron chi connectivity index (χ0n) is 24.1. The lowest BCUT2D eigenvalue weighted by Gasteiger charge is -2.34. The zero-order valence-corrected chi connectivity index (χ0v) is 25.0. The standard InChI is InChI=1S/C33H33N3O7S/c1-2-41-26-14-12-25(13-15-26)35-44(39,40)28-18-16-27(17-19-28)42-23-32(37)36-22-31(43-30-11-7-6-10-29(30)36)33(38)34-21-20-24-8-4-3-5-9-24/h3-19,31,35H,2,20-23H2,1H3,(H,34,38)/t31-/m0/s1. The molecule has 1 aliphatic heterocycles. The van der Waals surface area contributed by atoms with Crippen molar-refractivity contribution < 1.29 is 32.2 Å². The Bertz CT molecular complexity index is 1680. The Morgan fingerprint density at radius 2 is 1.52 bits per heavy atom. The second-order valence-corrected chi connectivity index (χ2v) is 11.6. The molecular formula is C33H33N3O7S. The lowest BCUT2D eigenvalue weighted by atomic mass is 10.1. The van der Waals surface area contributed by atoms with Crippen LogP contribution in [0, 0.1) is 0 Å². The van der Waals surface area contributed by atoms with Crippen molar-refractivity contribution in [3.8, 4) is 17.2 Å². The van der Waals surface area contributed by atoms with Gasteiger partial charge in [-0.2, -0.15) is 0 Å². The lowest BCUT2D eigenvalue weighted by molar-refractivity contribution is -0.128. The van der Waals surface area contributed by atoms with E-state index in [-0.39, 0.29) is 29.9 Å². The van der Waals surface area contributed by atoms with E-state index in [1.165, 1.54) is 29.2 Å². The fourth-order valence-electron chi connectivity index (χ4n) is 4.63. The van der Waals surface area contributed by atoms with Gasteiger partial charge in [0.15, 0.2) is 12.7 Å². The van der Waals surface area contributed by atoms with Crippen LogP contribution >= 0.6 is 0 Å². The summed E-state index contributed by atoms with van der Waals surface area (Å²) in [6.07, 6.45) is -0.221. The number of anilines is 2. The third-order valence-electron chi connectivity index (χ3n) is 6.84. The number of nitrogens with zero attached hydrogens (tertiary/aromatic N) is 1. The van der Waals surface area contributed by atoms with Gasteiger partial charge < -0.3 is 24.4 Å². The molecule has 0 aromatic heterocycles. The summed E-state index contributed by atoms with van der Waals surface area (Å²) in [7, 11) is -3.85. The van der Waals surface area contributed by atoms with Crippen LogP contribution in [0.5, 0.6) is 17.2 Å². The number of fused-ring (bicyclic) bond motifs is 1. The summed E-state index contributed by atoms with van der Waals surface area (Å²) in [5.41, 5.74) is 2.04. The number of benzene rings is 4. The predicted octanol–water partition coefficient (Wildman–Crippen LogP) is 4.42. The van der Waals surface area contributed by atoms with Crippen LogP contribution in [0.25, 0.3) is 0 Å². The molecule has 0 saturated carbocycles. The molecular weight excluding hydrogens is 582 g/mol. The van der Waals surface area contributed by atoms with Crippen molar-refractivity contribution >= 4 is 33.2 Å². The summed E-state index contributed by atoms with van der Waals surface area (Å²) in [5.74, 6) is 0.686. The molecule has 0 bridgehead atoms. The molecule has 2 amide bonds. The molecule has 0 saturated heterocycles. The average Bonchev–Trinajstić information content (AvgIpc) is 3.04. The van der Waals surface area contributed by atoms with Gasteiger partial charge in [-0.3, -0.25) is 14.3 Å². The number of ether oxygens (including phenoxy) is 3. The molecule has 0 fully saturated rings. The first-order valence-electron chi connectivity index (χ1n) is 14.2. The van der Waals surface area contributed by atoms with E-state index in [0.29, 0.717) is 48.2 Å². The van der Waals surface area contributed by atoms with E-state index >= 15 is 0 Å². The van der Waals surface area contributed by atoms with Crippen molar-refractivity contribution in [1.82, 2.24) is 5.32 Å². The highest BCUT2D eigenvalue weighted by molar-refractivity contribution is 7.92. The Labute approximate surface area is 256 Å². The minimum absolute atomic E-state index is 0.0186. The largest absolute Gasteiger partial charge is 0.494 e. The van der Waals surface area contributed by atoms with Crippen LogP contribution in [-0.2, 0) is 26.0 Å². The van der Waals surface area contributed by atoms with Gasteiger partial charge >= 0.3 is 0 Å². The van der Waals surface area contributed by atoms with E-state index in [9.17, 15) is 18.0 Å². The van der Waals surface area contributed by atoms with Crippen molar-refractivity contribution in [2.24, 2.45) is 0 Å². The van der Waals surface area contributed by atoms with Crippen molar-refractivity contribution in [1.29, 1.82) is 0 Å². The third-order valence-corrected chi connectivity index (χ3v) is 8.23. The van der Waals surface area contributed by atoms with Gasteiger partial charge in [-0.05, 0) is 79.6 Å². The van der Waals surface area contributed by atoms with Crippen LogP contribution in [0.1, 0.15) is 12.5 Å². The zero-order chi connectivity index (χ0) is 30.9. The van der Waals surface area contributed by atoms with Crippen molar-refractivity contribution in [2.75, 3.05) is 35.9 Å². The molecule has 10 nitrogen and oxygen atoms in total. The van der Waals surface area contributed by atoms with Crippen LogP contribution in [0.15, 0.2) is 108 Å². The van der Waals surface area contributed by atoms with Gasteiger partial charge in [0.25, 0.3) is 21.8 Å². The lowest BCUT2D eigenvalue weighted by Crippen LogP contribution is -2.52. The molecule has 1 atom stereocenters. The van der Waals surface area contributed by atoms with E-state index in [0.717, 1.165) is 5.56 Å². The SMILES string of the molecule is CCOc1ccc(NS(=O)(=O)c2ccc(OCC(=O)N3C[C@@H](C(=O)NCCc4ccccc4)Oc4ccccc43)cc2)cc1. The molecule has 4 aromatic rings. The Kier molecular flexibility index (Phi) is 9.65. The number of rotatable bonds is 12. The Hall–Kier alpha value is -5.03. The normalized spacial score (nSPS) is 14.1. The summed E-state index contributed by atoms with van der Waals surface area (Å²) in [6, 6.07) is 29.2. The highest BCUT2D eigenvalue weighted by atomic mass is 32.2. The van der Waals surface area contributed by atoms with E-state index in [1.807, 2.05) is 37.3 Å². The highest BCUT2D eigenvalue weighted by Gasteiger charge is 2.33. The first-order chi connectivity index (χ1) is 21.3. The molecule has 2 N–H and O–H groups in total. The van der Waals surface area contributed by atoms with Gasteiger partial charge in [-0.15, -0.1) is 0 Å². The van der Waals surface area contributed by atoms with Crippen LogP contribution in [0.2, 0.25) is 0 Å². The maximum atomic E-state index is 13.3. The summed E-state index contributed by atoms with van der Waals surface area (Å²) < 4.78 is 45.2. The average molecular weight is 616 g/mol. The molecule has 1 aliphatic rings. The molecule has 0 aliphatic carbocycles. The Morgan fingerprint density at radius 3 is 2.25 bits per heavy atom. The Balaban J connectivity index is 1.18. The van der Waals surface area contributed by atoms with Gasteiger partial charge in [0, 0.05) is 12.2 Å². The number of hydrogen-bond acceptors (Lipinski definition) is 7. The van der Waals surface area contributed by atoms with Crippen LogP contribution < -0.4 is 29.1 Å². The summed E-state index contributed by atoms with van der Waals surface area (Å²) in [4.78, 5) is 27.8. The molecule has 11 heteroatoms. The van der Waals surface area contributed by atoms with E-state index in [2.05, 4.69) is 10.0 Å². The number of carbonyl (C=O) groups is 2. The first kappa shape index (κ1) is 30.4. The van der Waals surface area contributed by atoms with E-state index < -0.39 is 16.1 Å². The molecule has 0 radical (unpaired) electrons. The molecule has 5 rings (SSSR count). The second kappa shape index (κ2) is 14.0. The van der Waals surface area contributed by atoms with Gasteiger partial charge in [0.2, 0.25) is 0 Å². The highest BCUT2D eigenvalue weighted by Crippen LogP contribution is 2.33. The third kappa shape index (κ3) is 7.67. The van der Waals surface area contributed by atoms with E-state index in [1.54, 1.807) is 48.5 Å². The van der Waals surface area contributed by atoms with Gasteiger partial charge in [-0.25, -0.2) is 8.42 Å². The molecule has 0 unspecified atom stereocenters. The van der Waals surface area contributed by atoms with Crippen molar-refractivity contribution in [2.45, 2.75) is 24.3 Å². The van der Waals surface area contributed by atoms with Gasteiger partial charge in [-0.1, -0.05) is 42.5 Å². The monoisotopic (exact) mass is 615 g/mol. The van der Waals surface area contributed by atoms with Gasteiger partial charge in [0.1, 0.15) is 17.2 Å². The van der Waals surface area contributed by atoms with Gasteiger partial charge in [0.05, 0.1) is 23.7 Å². The predicted molar refractivity (Wildman–Crippen MR) is 167 cm³/mol. The van der Waals surface area contributed by atoms with Crippen molar-refractivity contribution in [3.63, 3.8) is 0 Å². The fourth-order valence-corrected chi connectivity index (χ4v) is 5.69. The van der Waals surface area contributed by atoms with E-state index in [4.69, 9.17) is 14.2 Å². The maximum Gasteiger partial charge on any atom is 0.265 e. The topological polar surface area (TPSA) is 123 Å². The maximum absolute atomic E-state index is 13.3. The minimum atomic E-state index is -3.85. The van der Waals surface area contributed by atoms with Crippen LogP contribution in [-0.4, -0.2) is 52.6 Å². The summed E-state index contributed by atoms with van der Waals surface area (Å²) in [6.45, 7) is 2.51. The van der Waals surface area contributed by atoms with Crippen LogP contribution in [0.4, 0.5) is 11.4 Å². The molecule has 44 heavy (non-hydrogen) atoms. The first-order valence-corrected chi connectivity index (χ1v) is 15.7. The summed E-state index contributed by atoms with van der Waals surface area (Å²) >= 11 is 0. The minimum Gasteiger partial charge on any atom is -0.494 e. The number of nitrogens with one attached hydrogen (secondary N) is 2. The molecule has 1 heterocycles. The molecule has 4 aromatic carbocycles.